The molecule has 2 aliphatic rings. The molecule has 110 valence electrons. The Kier molecular flexibility index (Phi) is 3.21. The Morgan fingerprint density at radius 2 is 2.19 bits per heavy atom. The van der Waals surface area contributed by atoms with Gasteiger partial charge in [0, 0.05) is 18.5 Å². The molecule has 0 aromatic carbocycles. The second kappa shape index (κ2) is 5.22. The summed E-state index contributed by atoms with van der Waals surface area (Å²) < 4.78 is 1.64. The molecular formula is C14H17N5OS. The second-order valence-electron chi connectivity index (χ2n) is 5.76. The van der Waals surface area contributed by atoms with Gasteiger partial charge in [-0.2, -0.15) is 5.10 Å². The van der Waals surface area contributed by atoms with Crippen LogP contribution in [0.5, 0.6) is 0 Å². The predicted octanol–water partition coefficient (Wildman–Crippen LogP) is 1.64. The Morgan fingerprint density at radius 3 is 2.95 bits per heavy atom. The third-order valence-corrected chi connectivity index (χ3v) is 4.96. The van der Waals surface area contributed by atoms with Crippen LogP contribution in [0.15, 0.2) is 22.4 Å². The fourth-order valence-electron chi connectivity index (χ4n) is 2.96. The average molecular weight is 303 g/mol. The zero-order valence-electron chi connectivity index (χ0n) is 11.7. The van der Waals surface area contributed by atoms with Gasteiger partial charge in [0.1, 0.15) is 5.51 Å². The van der Waals surface area contributed by atoms with Gasteiger partial charge in [-0.25, -0.2) is 4.68 Å². The Hall–Kier alpha value is -1.76. The number of nitrogens with zero attached hydrogens (tertiary/aromatic N) is 5. The van der Waals surface area contributed by atoms with Gasteiger partial charge in [-0.1, -0.05) is 11.3 Å². The smallest absolute Gasteiger partial charge is 0.266 e. The van der Waals surface area contributed by atoms with E-state index < -0.39 is 0 Å². The van der Waals surface area contributed by atoms with Gasteiger partial charge in [-0.15, -0.1) is 10.2 Å². The van der Waals surface area contributed by atoms with Crippen molar-refractivity contribution in [1.82, 2.24) is 20.0 Å². The first-order chi connectivity index (χ1) is 10.3. The molecule has 1 aliphatic carbocycles. The molecule has 21 heavy (non-hydrogen) atoms. The molecule has 6 nitrogen and oxygen atoms in total. The van der Waals surface area contributed by atoms with Crippen molar-refractivity contribution in [2.24, 2.45) is 0 Å². The summed E-state index contributed by atoms with van der Waals surface area (Å²) in [6.45, 7) is 1.62. The van der Waals surface area contributed by atoms with E-state index in [0.29, 0.717) is 12.5 Å². The lowest BCUT2D eigenvalue weighted by Gasteiger charge is -2.23. The molecule has 1 saturated heterocycles. The lowest BCUT2D eigenvalue weighted by molar-refractivity contribution is 0.481. The van der Waals surface area contributed by atoms with Gasteiger partial charge in [0.2, 0.25) is 5.13 Å². The summed E-state index contributed by atoms with van der Waals surface area (Å²) >= 11 is 1.55. The van der Waals surface area contributed by atoms with Gasteiger partial charge < -0.3 is 4.90 Å². The highest BCUT2D eigenvalue weighted by Crippen LogP contribution is 2.38. The Balaban J connectivity index is 1.57. The monoisotopic (exact) mass is 303 g/mol. The molecule has 0 bridgehead atoms. The molecule has 2 aromatic heterocycles. The van der Waals surface area contributed by atoms with Crippen LogP contribution in [0.1, 0.15) is 37.3 Å². The summed E-state index contributed by atoms with van der Waals surface area (Å²) in [6, 6.07) is 3.83. The first kappa shape index (κ1) is 12.9. The normalized spacial score (nSPS) is 21.9. The molecule has 4 rings (SSSR count). The molecule has 7 heteroatoms. The van der Waals surface area contributed by atoms with Crippen LogP contribution in [0.4, 0.5) is 5.13 Å². The van der Waals surface area contributed by atoms with Crippen molar-refractivity contribution < 1.29 is 0 Å². The second-order valence-corrected chi connectivity index (χ2v) is 6.58. The van der Waals surface area contributed by atoms with Crippen LogP contribution in [0.2, 0.25) is 0 Å². The van der Waals surface area contributed by atoms with Crippen LogP contribution in [-0.4, -0.2) is 32.6 Å². The van der Waals surface area contributed by atoms with Crippen molar-refractivity contribution in [2.45, 2.75) is 44.2 Å². The lowest BCUT2D eigenvalue weighted by atomic mass is 10.2. The van der Waals surface area contributed by atoms with Crippen molar-refractivity contribution >= 4 is 16.5 Å². The predicted molar refractivity (Wildman–Crippen MR) is 80.7 cm³/mol. The maximum absolute atomic E-state index is 12.1. The highest BCUT2D eigenvalue weighted by atomic mass is 32.1. The van der Waals surface area contributed by atoms with Crippen LogP contribution in [0.3, 0.4) is 0 Å². The minimum Gasteiger partial charge on any atom is -0.342 e. The lowest BCUT2D eigenvalue weighted by Crippen LogP contribution is -2.37. The summed E-state index contributed by atoms with van der Waals surface area (Å²) in [4.78, 5) is 14.3. The van der Waals surface area contributed by atoms with Gasteiger partial charge >= 0.3 is 0 Å². The highest BCUT2D eigenvalue weighted by Gasteiger charge is 2.29. The van der Waals surface area contributed by atoms with Gasteiger partial charge in [-0.05, 0) is 31.7 Å². The molecule has 0 spiro atoms. The molecule has 1 saturated carbocycles. The molecule has 0 radical (unpaired) electrons. The zero-order chi connectivity index (χ0) is 14.2. The summed E-state index contributed by atoms with van der Waals surface area (Å²) in [7, 11) is 0. The highest BCUT2D eigenvalue weighted by molar-refractivity contribution is 7.13. The minimum atomic E-state index is -0.0106. The molecular weight excluding hydrogens is 286 g/mol. The van der Waals surface area contributed by atoms with Crippen molar-refractivity contribution in [3.8, 4) is 0 Å². The number of aromatic nitrogens is 4. The number of hydrogen-bond acceptors (Lipinski definition) is 6. The van der Waals surface area contributed by atoms with Gasteiger partial charge in [0.05, 0.1) is 18.3 Å². The quantitative estimate of drug-likeness (QED) is 0.859. The van der Waals surface area contributed by atoms with E-state index >= 15 is 0 Å². The van der Waals surface area contributed by atoms with E-state index in [1.807, 2.05) is 6.07 Å². The standard InChI is InChI=1S/C14H17N5OS/c20-13-6-5-12(10-3-4-10)17-19(13)8-11-2-1-7-18(11)14-16-15-9-21-14/h5-6,9-11H,1-4,7-8H2. The maximum atomic E-state index is 12.1. The molecule has 2 fully saturated rings. The minimum absolute atomic E-state index is 0.0106. The molecule has 1 aliphatic heterocycles. The third-order valence-electron chi connectivity index (χ3n) is 4.24. The molecule has 3 heterocycles. The van der Waals surface area contributed by atoms with E-state index in [0.717, 1.165) is 30.2 Å². The van der Waals surface area contributed by atoms with E-state index in [1.54, 1.807) is 27.6 Å². The van der Waals surface area contributed by atoms with Crippen molar-refractivity contribution in [2.75, 3.05) is 11.4 Å². The molecule has 1 atom stereocenters. The summed E-state index contributed by atoms with van der Waals surface area (Å²) in [5.74, 6) is 0.569. The number of rotatable bonds is 4. The van der Waals surface area contributed by atoms with Crippen LogP contribution >= 0.6 is 11.3 Å². The Labute approximate surface area is 126 Å². The van der Waals surface area contributed by atoms with Crippen LogP contribution in [-0.2, 0) is 6.54 Å². The number of anilines is 1. The Morgan fingerprint density at radius 1 is 1.29 bits per heavy atom. The molecule has 0 N–H and O–H groups in total. The first-order valence-electron chi connectivity index (χ1n) is 7.42. The summed E-state index contributed by atoms with van der Waals surface area (Å²) in [5.41, 5.74) is 2.81. The largest absolute Gasteiger partial charge is 0.342 e. The molecule has 0 amide bonds. The molecule has 2 aromatic rings. The average Bonchev–Trinajstić information content (AvgIpc) is 3.00. The summed E-state index contributed by atoms with van der Waals surface area (Å²) in [6.07, 6.45) is 4.60. The van der Waals surface area contributed by atoms with Crippen molar-refractivity contribution in [3.63, 3.8) is 0 Å². The van der Waals surface area contributed by atoms with E-state index in [4.69, 9.17) is 0 Å². The van der Waals surface area contributed by atoms with Gasteiger partial charge in [-0.3, -0.25) is 4.79 Å². The van der Waals surface area contributed by atoms with Crippen LogP contribution in [0.25, 0.3) is 0 Å². The van der Waals surface area contributed by atoms with Crippen molar-refractivity contribution in [3.05, 3.63) is 33.7 Å². The van der Waals surface area contributed by atoms with Gasteiger partial charge in [0.25, 0.3) is 5.56 Å². The van der Waals surface area contributed by atoms with E-state index in [1.165, 1.54) is 12.8 Å². The van der Waals surface area contributed by atoms with Crippen molar-refractivity contribution in [1.29, 1.82) is 0 Å². The van der Waals surface area contributed by atoms with E-state index in [9.17, 15) is 4.79 Å². The topological polar surface area (TPSA) is 63.9 Å². The Bertz CT molecular complexity index is 679. The number of hydrogen-bond donors (Lipinski definition) is 0. The SMILES string of the molecule is O=c1ccc(C2CC2)nn1CC1CCCN1c1nncs1. The van der Waals surface area contributed by atoms with E-state index in [2.05, 4.69) is 20.2 Å². The summed E-state index contributed by atoms with van der Waals surface area (Å²) in [5, 5.41) is 13.6. The molecule has 1 unspecified atom stereocenters. The van der Waals surface area contributed by atoms with Crippen LogP contribution in [0, 0.1) is 0 Å². The third kappa shape index (κ3) is 2.57. The first-order valence-corrected chi connectivity index (χ1v) is 8.30. The fourth-order valence-corrected chi connectivity index (χ4v) is 3.62. The fraction of sp³-hybridized carbons (Fsp3) is 0.571. The maximum Gasteiger partial charge on any atom is 0.266 e. The van der Waals surface area contributed by atoms with E-state index in [-0.39, 0.29) is 11.6 Å². The van der Waals surface area contributed by atoms with Gasteiger partial charge in [0.15, 0.2) is 0 Å². The van der Waals surface area contributed by atoms with Crippen LogP contribution < -0.4 is 10.5 Å². The zero-order valence-corrected chi connectivity index (χ0v) is 12.5.